The van der Waals surface area contributed by atoms with Crippen molar-refractivity contribution in [1.29, 1.82) is 0 Å². The number of H-pyrrole nitrogens is 1. The Morgan fingerprint density at radius 1 is 1.40 bits per heavy atom. The lowest BCUT2D eigenvalue weighted by atomic mass is 10.1. The molecule has 15 heavy (non-hydrogen) atoms. The Bertz CT molecular complexity index is 507. The fourth-order valence-corrected chi connectivity index (χ4v) is 1.66. The maximum absolute atomic E-state index is 5.53. The van der Waals surface area contributed by atoms with Crippen LogP contribution in [0.5, 0.6) is 11.5 Å². The molecule has 5 nitrogen and oxygen atoms in total. The van der Waals surface area contributed by atoms with E-state index < -0.39 is 0 Å². The zero-order valence-corrected chi connectivity index (χ0v) is 8.15. The minimum Gasteiger partial charge on any atom is -0.497 e. The molecule has 0 fully saturated rings. The number of aromatic nitrogens is 3. The van der Waals surface area contributed by atoms with Crippen LogP contribution in [0, 0.1) is 0 Å². The van der Waals surface area contributed by atoms with Gasteiger partial charge in [-0.05, 0) is 18.2 Å². The first-order chi connectivity index (χ1) is 7.38. The maximum atomic E-state index is 5.53. The van der Waals surface area contributed by atoms with Gasteiger partial charge in [0.05, 0.1) is 7.11 Å². The van der Waals surface area contributed by atoms with Crippen molar-refractivity contribution >= 4 is 0 Å². The van der Waals surface area contributed by atoms with Gasteiger partial charge in [-0.25, -0.2) is 0 Å². The molecule has 2 aromatic rings. The smallest absolute Gasteiger partial charge is 0.134 e. The normalized spacial score (nSPS) is 12.6. The minimum absolute atomic E-state index is 0.463. The van der Waals surface area contributed by atoms with E-state index in [1.807, 2.05) is 18.2 Å². The van der Waals surface area contributed by atoms with Gasteiger partial charge in [-0.3, -0.25) is 0 Å². The Hall–Kier alpha value is -2.04. The van der Waals surface area contributed by atoms with E-state index >= 15 is 0 Å². The topological polar surface area (TPSA) is 60.0 Å². The van der Waals surface area contributed by atoms with Crippen molar-refractivity contribution in [2.75, 3.05) is 7.11 Å². The SMILES string of the molecule is COc1ccc2c(c1)-c1n[nH]nc1CO2. The maximum Gasteiger partial charge on any atom is 0.134 e. The summed E-state index contributed by atoms with van der Waals surface area (Å²) in [7, 11) is 1.63. The number of hydrogen-bond donors (Lipinski definition) is 1. The highest BCUT2D eigenvalue weighted by Gasteiger charge is 2.21. The zero-order valence-electron chi connectivity index (χ0n) is 8.15. The van der Waals surface area contributed by atoms with Crippen molar-refractivity contribution in [2.24, 2.45) is 0 Å². The second-order valence-electron chi connectivity index (χ2n) is 3.27. The summed E-state index contributed by atoms with van der Waals surface area (Å²) in [6, 6.07) is 5.64. The summed E-state index contributed by atoms with van der Waals surface area (Å²) in [5.41, 5.74) is 2.59. The first-order valence-corrected chi connectivity index (χ1v) is 4.59. The second kappa shape index (κ2) is 2.98. The van der Waals surface area contributed by atoms with Crippen LogP contribution in [0.2, 0.25) is 0 Å². The number of rotatable bonds is 1. The van der Waals surface area contributed by atoms with Gasteiger partial charge in [0.25, 0.3) is 0 Å². The molecule has 0 atom stereocenters. The van der Waals surface area contributed by atoms with Crippen LogP contribution in [0.3, 0.4) is 0 Å². The van der Waals surface area contributed by atoms with Gasteiger partial charge < -0.3 is 9.47 Å². The molecule has 1 aromatic carbocycles. The third kappa shape index (κ3) is 1.16. The van der Waals surface area contributed by atoms with Gasteiger partial charge in [0.2, 0.25) is 0 Å². The molecule has 0 saturated carbocycles. The predicted octanol–water partition coefficient (Wildman–Crippen LogP) is 1.37. The lowest BCUT2D eigenvalue weighted by Crippen LogP contribution is -2.05. The first-order valence-electron chi connectivity index (χ1n) is 4.59. The molecule has 1 aliphatic heterocycles. The number of hydrogen-bond acceptors (Lipinski definition) is 4. The number of fused-ring (bicyclic) bond motifs is 3. The Labute approximate surface area is 86.0 Å². The Balaban J connectivity index is 2.21. The molecule has 0 spiro atoms. The number of benzene rings is 1. The highest BCUT2D eigenvalue weighted by Crippen LogP contribution is 2.37. The summed E-state index contributed by atoms with van der Waals surface area (Å²) in [4.78, 5) is 0. The number of ether oxygens (including phenoxy) is 2. The minimum atomic E-state index is 0.463. The third-order valence-electron chi connectivity index (χ3n) is 2.43. The van der Waals surface area contributed by atoms with Crippen molar-refractivity contribution in [1.82, 2.24) is 15.4 Å². The van der Waals surface area contributed by atoms with Gasteiger partial charge >= 0.3 is 0 Å². The van der Waals surface area contributed by atoms with Crippen LogP contribution >= 0.6 is 0 Å². The molecule has 1 aromatic heterocycles. The Kier molecular flexibility index (Phi) is 1.65. The zero-order chi connectivity index (χ0) is 10.3. The van der Waals surface area contributed by atoms with Gasteiger partial charge in [0.1, 0.15) is 29.5 Å². The molecule has 5 heteroatoms. The van der Waals surface area contributed by atoms with Gasteiger partial charge in [-0.15, -0.1) is 0 Å². The molecular formula is C10H9N3O2. The van der Waals surface area contributed by atoms with Gasteiger partial charge in [0, 0.05) is 5.56 Å². The summed E-state index contributed by atoms with van der Waals surface area (Å²) in [6.45, 7) is 0.463. The molecule has 0 aliphatic carbocycles. The Morgan fingerprint density at radius 3 is 3.20 bits per heavy atom. The van der Waals surface area contributed by atoms with E-state index in [4.69, 9.17) is 9.47 Å². The van der Waals surface area contributed by atoms with Crippen LogP contribution in [-0.2, 0) is 6.61 Å². The monoisotopic (exact) mass is 203 g/mol. The molecule has 0 amide bonds. The molecule has 0 bridgehead atoms. The van der Waals surface area contributed by atoms with Gasteiger partial charge in [0.15, 0.2) is 0 Å². The van der Waals surface area contributed by atoms with Crippen LogP contribution in [0.15, 0.2) is 18.2 Å². The van der Waals surface area contributed by atoms with E-state index in [0.29, 0.717) is 6.61 Å². The lowest BCUT2D eigenvalue weighted by Gasteiger charge is -2.15. The number of nitrogens with one attached hydrogen (secondary N) is 1. The third-order valence-corrected chi connectivity index (χ3v) is 2.43. The lowest BCUT2D eigenvalue weighted by molar-refractivity contribution is 0.296. The van der Waals surface area contributed by atoms with E-state index in [1.165, 1.54) is 0 Å². The number of methoxy groups -OCH3 is 1. The second-order valence-corrected chi connectivity index (χ2v) is 3.27. The number of aromatic amines is 1. The van der Waals surface area contributed by atoms with E-state index in [1.54, 1.807) is 7.11 Å². The Morgan fingerprint density at radius 2 is 2.33 bits per heavy atom. The number of nitrogens with zero attached hydrogens (tertiary/aromatic N) is 2. The molecule has 0 saturated heterocycles. The fraction of sp³-hybridized carbons (Fsp3) is 0.200. The van der Waals surface area contributed by atoms with E-state index in [0.717, 1.165) is 28.5 Å². The van der Waals surface area contributed by atoms with E-state index in [2.05, 4.69) is 15.4 Å². The summed E-state index contributed by atoms with van der Waals surface area (Å²) >= 11 is 0. The summed E-state index contributed by atoms with van der Waals surface area (Å²) in [5, 5.41) is 10.7. The largest absolute Gasteiger partial charge is 0.497 e. The van der Waals surface area contributed by atoms with Crippen LogP contribution in [-0.4, -0.2) is 22.5 Å². The standard InChI is InChI=1S/C10H9N3O2/c1-14-6-2-3-9-7(4-6)10-8(5-15-9)11-13-12-10/h2-4H,5H2,1H3,(H,11,12,13). The van der Waals surface area contributed by atoms with Crippen molar-refractivity contribution in [3.63, 3.8) is 0 Å². The predicted molar refractivity (Wildman–Crippen MR) is 52.7 cm³/mol. The van der Waals surface area contributed by atoms with Gasteiger partial charge in [-0.1, -0.05) is 0 Å². The molecule has 1 N–H and O–H groups in total. The molecular weight excluding hydrogens is 194 g/mol. The van der Waals surface area contributed by atoms with Crippen molar-refractivity contribution in [3.05, 3.63) is 23.9 Å². The summed E-state index contributed by atoms with van der Waals surface area (Å²) < 4.78 is 10.7. The summed E-state index contributed by atoms with van der Waals surface area (Å²) in [6.07, 6.45) is 0. The van der Waals surface area contributed by atoms with Crippen LogP contribution in [0.1, 0.15) is 5.69 Å². The van der Waals surface area contributed by atoms with E-state index in [-0.39, 0.29) is 0 Å². The average molecular weight is 203 g/mol. The van der Waals surface area contributed by atoms with Gasteiger partial charge in [-0.2, -0.15) is 15.4 Å². The van der Waals surface area contributed by atoms with Crippen molar-refractivity contribution in [3.8, 4) is 22.8 Å². The molecule has 2 heterocycles. The average Bonchev–Trinajstić information content (AvgIpc) is 2.76. The van der Waals surface area contributed by atoms with Crippen molar-refractivity contribution < 1.29 is 9.47 Å². The summed E-state index contributed by atoms with van der Waals surface area (Å²) in [5.74, 6) is 1.60. The van der Waals surface area contributed by atoms with Crippen LogP contribution in [0.4, 0.5) is 0 Å². The fourth-order valence-electron chi connectivity index (χ4n) is 1.66. The first kappa shape index (κ1) is 8.28. The molecule has 76 valence electrons. The molecule has 0 radical (unpaired) electrons. The van der Waals surface area contributed by atoms with Crippen LogP contribution < -0.4 is 9.47 Å². The molecule has 1 aliphatic rings. The molecule has 0 unspecified atom stereocenters. The quantitative estimate of drug-likeness (QED) is 0.760. The highest BCUT2D eigenvalue weighted by molar-refractivity contribution is 5.71. The highest BCUT2D eigenvalue weighted by atomic mass is 16.5. The van der Waals surface area contributed by atoms with E-state index in [9.17, 15) is 0 Å². The van der Waals surface area contributed by atoms with Crippen molar-refractivity contribution in [2.45, 2.75) is 6.61 Å². The molecule has 3 rings (SSSR count). The van der Waals surface area contributed by atoms with Crippen LogP contribution in [0.25, 0.3) is 11.3 Å².